The second-order valence-corrected chi connectivity index (χ2v) is 8.67. The van der Waals surface area contributed by atoms with Gasteiger partial charge in [0.2, 0.25) is 5.91 Å². The zero-order valence-electron chi connectivity index (χ0n) is 13.7. The van der Waals surface area contributed by atoms with Gasteiger partial charge >= 0.3 is 0 Å². The number of halogens is 2. The molecule has 4 nitrogen and oxygen atoms in total. The van der Waals surface area contributed by atoms with Gasteiger partial charge in [0.15, 0.2) is 9.84 Å². The van der Waals surface area contributed by atoms with Crippen LogP contribution in [0.15, 0.2) is 18.2 Å². The maximum Gasteiger partial charge on any atom is 0.238 e. The minimum absolute atomic E-state index is 0.0521. The van der Waals surface area contributed by atoms with Gasteiger partial charge in [-0.05, 0) is 31.0 Å². The lowest BCUT2D eigenvalue weighted by Crippen LogP contribution is -2.35. The fourth-order valence-corrected chi connectivity index (χ4v) is 4.13. The Morgan fingerprint density at radius 3 is 2.48 bits per heavy atom. The van der Waals surface area contributed by atoms with E-state index < -0.39 is 21.5 Å². The number of amides is 1. The molecule has 130 valence electrons. The lowest BCUT2D eigenvalue weighted by Gasteiger charge is -2.26. The van der Waals surface area contributed by atoms with Crippen LogP contribution in [0.5, 0.6) is 0 Å². The molecule has 1 rings (SSSR count). The zero-order chi connectivity index (χ0) is 17.6. The summed E-state index contributed by atoms with van der Waals surface area (Å²) in [4.78, 5) is 13.7. The van der Waals surface area contributed by atoms with Crippen LogP contribution in [0.4, 0.5) is 0 Å². The highest BCUT2D eigenvalue weighted by molar-refractivity contribution is 7.92. The van der Waals surface area contributed by atoms with Crippen molar-refractivity contribution < 1.29 is 13.2 Å². The third-order valence-electron chi connectivity index (χ3n) is 3.79. The zero-order valence-corrected chi connectivity index (χ0v) is 16.0. The molecule has 1 aromatic carbocycles. The number of carbonyl (C=O) groups is 1. The van der Waals surface area contributed by atoms with Crippen LogP contribution in [0.3, 0.4) is 0 Å². The predicted molar refractivity (Wildman–Crippen MR) is 95.8 cm³/mol. The Morgan fingerprint density at radius 1 is 1.26 bits per heavy atom. The molecule has 0 radical (unpaired) electrons. The van der Waals surface area contributed by atoms with Crippen molar-refractivity contribution in [2.45, 2.75) is 39.2 Å². The van der Waals surface area contributed by atoms with Crippen LogP contribution in [0.2, 0.25) is 10.0 Å². The first-order chi connectivity index (χ1) is 10.7. The number of unbranched alkanes of at least 4 members (excludes halogenated alkanes) is 2. The summed E-state index contributed by atoms with van der Waals surface area (Å²) in [6, 6.07) is 4.71. The number of hydrogen-bond donors (Lipinski definition) is 0. The molecule has 1 unspecified atom stereocenters. The van der Waals surface area contributed by atoms with E-state index in [1.165, 1.54) is 4.90 Å². The lowest BCUT2D eigenvalue weighted by atomic mass is 10.1. The van der Waals surface area contributed by atoms with Crippen LogP contribution >= 0.6 is 23.2 Å². The summed E-state index contributed by atoms with van der Waals surface area (Å²) in [5, 5.41) is 0.967. The van der Waals surface area contributed by atoms with Crippen molar-refractivity contribution in [2.24, 2.45) is 0 Å². The summed E-state index contributed by atoms with van der Waals surface area (Å²) in [6.45, 7) is 3.81. The maximum atomic E-state index is 12.3. The second-order valence-electron chi connectivity index (χ2n) is 5.65. The van der Waals surface area contributed by atoms with Gasteiger partial charge in [-0.3, -0.25) is 4.79 Å². The van der Waals surface area contributed by atoms with Gasteiger partial charge < -0.3 is 4.90 Å². The van der Waals surface area contributed by atoms with Crippen LogP contribution < -0.4 is 0 Å². The van der Waals surface area contributed by atoms with Crippen molar-refractivity contribution in [3.8, 4) is 0 Å². The summed E-state index contributed by atoms with van der Waals surface area (Å²) in [6.07, 6.45) is 2.38. The second kappa shape index (κ2) is 8.90. The van der Waals surface area contributed by atoms with Crippen molar-refractivity contribution >= 4 is 38.9 Å². The van der Waals surface area contributed by atoms with E-state index in [2.05, 4.69) is 0 Å². The molecule has 0 saturated carbocycles. The fraction of sp³-hybridized carbons (Fsp3) is 0.562. The van der Waals surface area contributed by atoms with Gasteiger partial charge in [-0.1, -0.05) is 49.0 Å². The van der Waals surface area contributed by atoms with E-state index in [0.29, 0.717) is 16.5 Å². The molecule has 23 heavy (non-hydrogen) atoms. The molecule has 0 aliphatic heterocycles. The van der Waals surface area contributed by atoms with Gasteiger partial charge in [-0.25, -0.2) is 8.42 Å². The van der Waals surface area contributed by atoms with E-state index in [-0.39, 0.29) is 11.8 Å². The largest absolute Gasteiger partial charge is 0.338 e. The molecule has 0 aliphatic carbocycles. The van der Waals surface area contributed by atoms with Gasteiger partial charge in [0.05, 0.1) is 11.8 Å². The highest BCUT2D eigenvalue weighted by Crippen LogP contribution is 2.29. The van der Waals surface area contributed by atoms with E-state index in [1.807, 2.05) is 6.92 Å². The van der Waals surface area contributed by atoms with Crippen molar-refractivity contribution in [3.05, 3.63) is 33.8 Å². The fourth-order valence-electron chi connectivity index (χ4n) is 2.20. The third-order valence-corrected chi connectivity index (χ3v) is 5.95. The molecule has 0 aromatic heterocycles. The number of carbonyl (C=O) groups excluding carboxylic acids is 1. The first-order valence-corrected chi connectivity index (χ1v) is 10.2. The van der Waals surface area contributed by atoms with Gasteiger partial charge in [0.1, 0.15) is 5.75 Å². The maximum absolute atomic E-state index is 12.3. The van der Waals surface area contributed by atoms with Gasteiger partial charge in [-0.15, -0.1) is 0 Å². The highest BCUT2D eigenvalue weighted by Gasteiger charge is 2.24. The molecular weight excluding hydrogens is 357 g/mol. The van der Waals surface area contributed by atoms with E-state index in [0.717, 1.165) is 18.4 Å². The average molecular weight is 380 g/mol. The van der Waals surface area contributed by atoms with E-state index in [9.17, 15) is 13.2 Å². The monoisotopic (exact) mass is 379 g/mol. The minimum atomic E-state index is -3.38. The molecule has 1 aromatic rings. The molecule has 0 N–H and O–H groups in total. The summed E-state index contributed by atoms with van der Waals surface area (Å²) in [7, 11) is -1.79. The number of benzene rings is 1. The van der Waals surface area contributed by atoms with Crippen molar-refractivity contribution in [1.29, 1.82) is 0 Å². The predicted octanol–water partition coefficient (Wildman–Crippen LogP) is 4.12. The molecule has 0 aliphatic rings. The molecular formula is C16H23Cl2NO3S. The van der Waals surface area contributed by atoms with Crippen LogP contribution in [0, 0.1) is 0 Å². The molecule has 7 heteroatoms. The Hall–Kier alpha value is -0.780. The molecule has 0 spiro atoms. The van der Waals surface area contributed by atoms with Crippen molar-refractivity contribution in [2.75, 3.05) is 18.6 Å². The van der Waals surface area contributed by atoms with E-state index >= 15 is 0 Å². The summed E-state index contributed by atoms with van der Waals surface area (Å²) < 4.78 is 24.0. The van der Waals surface area contributed by atoms with E-state index in [4.69, 9.17) is 23.2 Å². The number of hydrogen-bond acceptors (Lipinski definition) is 3. The average Bonchev–Trinajstić information content (AvgIpc) is 2.45. The highest BCUT2D eigenvalue weighted by atomic mass is 35.5. The first kappa shape index (κ1) is 20.3. The Morgan fingerprint density at radius 2 is 1.91 bits per heavy atom. The SMILES string of the molecule is CCCCCS(=O)(=O)CC(=O)N(C)C(C)c1ccc(Cl)cc1Cl. The quantitative estimate of drug-likeness (QED) is 0.638. The number of rotatable bonds is 8. The molecule has 0 bridgehead atoms. The van der Waals surface area contributed by atoms with Crippen LogP contribution in [-0.4, -0.2) is 37.8 Å². The number of nitrogens with zero attached hydrogens (tertiary/aromatic N) is 1. The first-order valence-electron chi connectivity index (χ1n) is 7.59. The summed E-state index contributed by atoms with van der Waals surface area (Å²) in [5.41, 5.74) is 0.732. The van der Waals surface area contributed by atoms with Gasteiger partial charge in [-0.2, -0.15) is 0 Å². The van der Waals surface area contributed by atoms with Gasteiger partial charge in [0.25, 0.3) is 0 Å². The normalized spacial score (nSPS) is 12.9. The van der Waals surface area contributed by atoms with Gasteiger partial charge in [0, 0.05) is 17.1 Å². The molecule has 0 saturated heterocycles. The van der Waals surface area contributed by atoms with E-state index in [1.54, 1.807) is 32.2 Å². The topological polar surface area (TPSA) is 54.5 Å². The molecule has 0 heterocycles. The molecule has 1 amide bonds. The Labute approximate surface area is 148 Å². The summed E-state index contributed by atoms with van der Waals surface area (Å²) in [5.74, 6) is -0.848. The van der Waals surface area contributed by atoms with Crippen molar-refractivity contribution in [3.63, 3.8) is 0 Å². The molecule has 1 atom stereocenters. The van der Waals surface area contributed by atoms with Crippen LogP contribution in [-0.2, 0) is 14.6 Å². The Balaban J connectivity index is 2.75. The standard InChI is InChI=1S/C16H23Cl2NO3S/c1-4-5-6-9-23(21,22)11-16(20)19(3)12(2)14-8-7-13(17)10-15(14)18/h7-8,10,12H,4-6,9,11H2,1-3H3. The van der Waals surface area contributed by atoms with Crippen LogP contribution in [0.25, 0.3) is 0 Å². The Bertz CT molecular complexity index is 647. The molecule has 0 fully saturated rings. The third kappa shape index (κ3) is 6.32. The number of sulfone groups is 1. The summed E-state index contributed by atoms with van der Waals surface area (Å²) >= 11 is 12.0. The van der Waals surface area contributed by atoms with Crippen molar-refractivity contribution in [1.82, 2.24) is 4.90 Å². The van der Waals surface area contributed by atoms with Crippen LogP contribution in [0.1, 0.15) is 44.7 Å². The minimum Gasteiger partial charge on any atom is -0.338 e. The smallest absolute Gasteiger partial charge is 0.238 e. The lowest BCUT2D eigenvalue weighted by molar-refractivity contribution is -0.129. The Kier molecular flexibility index (Phi) is 7.84.